The van der Waals surface area contributed by atoms with Gasteiger partial charge in [0.15, 0.2) is 0 Å². The minimum atomic E-state index is 0.576. The molecule has 0 aliphatic carbocycles. The Hall–Kier alpha value is -1.46. The SMILES string of the molecule is CN=C(N)CCN=NCCC(N)=NC. The van der Waals surface area contributed by atoms with Crippen LogP contribution in [0.25, 0.3) is 0 Å². The molecule has 0 aliphatic rings. The van der Waals surface area contributed by atoms with Crippen molar-refractivity contribution >= 4 is 11.7 Å². The van der Waals surface area contributed by atoms with Gasteiger partial charge in [-0.2, -0.15) is 10.2 Å². The Morgan fingerprint density at radius 3 is 1.50 bits per heavy atom. The molecule has 0 atom stereocenters. The Balaban J connectivity index is 3.46. The topological polar surface area (TPSA) is 101 Å². The van der Waals surface area contributed by atoms with Crippen LogP contribution in [-0.2, 0) is 0 Å². The van der Waals surface area contributed by atoms with E-state index in [1.807, 2.05) is 0 Å². The first-order valence-corrected chi connectivity index (χ1v) is 4.46. The first kappa shape index (κ1) is 12.5. The van der Waals surface area contributed by atoms with Crippen LogP contribution in [0.3, 0.4) is 0 Å². The number of aliphatic imine (C=N–C) groups is 2. The third kappa shape index (κ3) is 7.20. The summed E-state index contributed by atoms with van der Waals surface area (Å²) in [7, 11) is 3.32. The van der Waals surface area contributed by atoms with Crippen LogP contribution in [-0.4, -0.2) is 38.9 Å². The van der Waals surface area contributed by atoms with Crippen LogP contribution >= 0.6 is 0 Å². The quantitative estimate of drug-likeness (QED) is 0.361. The van der Waals surface area contributed by atoms with Gasteiger partial charge in [-0.3, -0.25) is 9.98 Å². The van der Waals surface area contributed by atoms with Crippen molar-refractivity contribution in [3.05, 3.63) is 0 Å². The van der Waals surface area contributed by atoms with Gasteiger partial charge in [0.25, 0.3) is 0 Å². The molecule has 0 saturated carbocycles. The predicted molar refractivity (Wildman–Crippen MR) is 58.9 cm³/mol. The number of hydrogen-bond acceptors (Lipinski definition) is 4. The van der Waals surface area contributed by atoms with Crippen LogP contribution in [0.1, 0.15) is 12.8 Å². The van der Waals surface area contributed by atoms with Crippen LogP contribution in [0.4, 0.5) is 0 Å². The first-order chi connectivity index (χ1) is 6.70. The molecule has 0 aromatic heterocycles. The molecule has 0 amide bonds. The summed E-state index contributed by atoms with van der Waals surface area (Å²) in [6.07, 6.45) is 1.30. The molecule has 0 aromatic carbocycles. The molecule has 0 saturated heterocycles. The smallest absolute Gasteiger partial charge is 0.0952 e. The molecule has 0 bridgehead atoms. The van der Waals surface area contributed by atoms with Crippen LogP contribution in [0.2, 0.25) is 0 Å². The lowest BCUT2D eigenvalue weighted by molar-refractivity contribution is 0.849. The normalized spacial score (nSPS) is 13.9. The van der Waals surface area contributed by atoms with E-state index in [-0.39, 0.29) is 0 Å². The van der Waals surface area contributed by atoms with Gasteiger partial charge in [-0.25, -0.2) is 0 Å². The number of nitrogens with zero attached hydrogens (tertiary/aromatic N) is 4. The Labute approximate surface area is 84.2 Å². The van der Waals surface area contributed by atoms with Gasteiger partial charge >= 0.3 is 0 Å². The fourth-order valence-electron chi connectivity index (χ4n) is 0.694. The van der Waals surface area contributed by atoms with E-state index in [1.165, 1.54) is 0 Å². The second kappa shape index (κ2) is 8.15. The van der Waals surface area contributed by atoms with E-state index in [9.17, 15) is 0 Å². The van der Waals surface area contributed by atoms with Gasteiger partial charge in [0.1, 0.15) is 0 Å². The molecule has 0 fully saturated rings. The van der Waals surface area contributed by atoms with Crippen molar-refractivity contribution < 1.29 is 0 Å². The summed E-state index contributed by atoms with van der Waals surface area (Å²) in [4.78, 5) is 7.60. The summed E-state index contributed by atoms with van der Waals surface area (Å²) >= 11 is 0. The highest BCUT2D eigenvalue weighted by atomic mass is 15.1. The molecule has 14 heavy (non-hydrogen) atoms. The van der Waals surface area contributed by atoms with Gasteiger partial charge in [0.2, 0.25) is 0 Å². The Morgan fingerprint density at radius 1 is 0.857 bits per heavy atom. The van der Waals surface area contributed by atoms with Gasteiger partial charge in [0, 0.05) is 26.9 Å². The van der Waals surface area contributed by atoms with Crippen LogP contribution in [0, 0.1) is 0 Å². The maximum atomic E-state index is 5.47. The molecule has 0 unspecified atom stereocenters. The third-order valence-corrected chi connectivity index (χ3v) is 1.61. The van der Waals surface area contributed by atoms with Gasteiger partial charge < -0.3 is 11.5 Å². The molecular weight excluding hydrogens is 180 g/mol. The van der Waals surface area contributed by atoms with E-state index in [0.29, 0.717) is 37.6 Å². The second-order valence-corrected chi connectivity index (χ2v) is 2.66. The van der Waals surface area contributed by atoms with Crippen molar-refractivity contribution in [3.63, 3.8) is 0 Å². The molecule has 0 aromatic rings. The minimum Gasteiger partial charge on any atom is -0.387 e. The molecular formula is C8H18N6. The zero-order valence-electron chi connectivity index (χ0n) is 8.77. The fraction of sp³-hybridized carbons (Fsp3) is 0.750. The number of nitrogens with two attached hydrogens (primary N) is 2. The molecule has 0 rings (SSSR count). The molecule has 0 spiro atoms. The highest BCUT2D eigenvalue weighted by Gasteiger charge is 1.90. The van der Waals surface area contributed by atoms with Gasteiger partial charge in [-0.05, 0) is 0 Å². The Bertz CT molecular complexity index is 206. The zero-order chi connectivity index (χ0) is 10.8. The maximum Gasteiger partial charge on any atom is 0.0952 e. The lowest BCUT2D eigenvalue weighted by Crippen LogP contribution is -2.13. The molecule has 6 heteroatoms. The summed E-state index contributed by atoms with van der Waals surface area (Å²) in [5.74, 6) is 1.19. The lowest BCUT2D eigenvalue weighted by atomic mass is 10.4. The third-order valence-electron chi connectivity index (χ3n) is 1.61. The highest BCUT2D eigenvalue weighted by molar-refractivity contribution is 5.80. The molecule has 0 heterocycles. The first-order valence-electron chi connectivity index (χ1n) is 4.46. The number of hydrogen-bond donors (Lipinski definition) is 2. The average Bonchev–Trinajstić information content (AvgIpc) is 2.22. The molecule has 4 N–H and O–H groups in total. The molecule has 80 valence electrons. The fourth-order valence-corrected chi connectivity index (χ4v) is 0.694. The summed E-state index contributed by atoms with van der Waals surface area (Å²) in [5.41, 5.74) is 10.9. The van der Waals surface area contributed by atoms with Gasteiger partial charge in [-0.15, -0.1) is 0 Å². The van der Waals surface area contributed by atoms with Gasteiger partial charge in [0.05, 0.1) is 24.8 Å². The Kier molecular flexibility index (Phi) is 7.30. The van der Waals surface area contributed by atoms with E-state index in [1.54, 1.807) is 14.1 Å². The number of azo groups is 1. The van der Waals surface area contributed by atoms with Gasteiger partial charge in [-0.1, -0.05) is 0 Å². The van der Waals surface area contributed by atoms with Crippen molar-refractivity contribution in [2.45, 2.75) is 12.8 Å². The Morgan fingerprint density at radius 2 is 1.21 bits per heavy atom. The molecule has 0 aliphatic heterocycles. The summed E-state index contributed by atoms with van der Waals surface area (Å²) < 4.78 is 0. The number of amidine groups is 2. The van der Waals surface area contributed by atoms with E-state index >= 15 is 0 Å². The highest BCUT2D eigenvalue weighted by Crippen LogP contribution is 1.86. The standard InChI is InChI=1S/C8H18N6/c1-11-7(9)3-5-13-14-6-4-8(10)12-2/h3-6H2,1-2H3,(H2,9,11)(H2,10,12). The minimum absolute atomic E-state index is 0.576. The average molecular weight is 198 g/mol. The number of rotatable bonds is 6. The van der Waals surface area contributed by atoms with E-state index in [4.69, 9.17) is 11.5 Å². The van der Waals surface area contributed by atoms with Crippen LogP contribution in [0.15, 0.2) is 20.2 Å². The summed E-state index contributed by atoms with van der Waals surface area (Å²) in [6.45, 7) is 1.15. The van der Waals surface area contributed by atoms with Crippen molar-refractivity contribution in [2.24, 2.45) is 31.7 Å². The summed E-state index contributed by atoms with van der Waals surface area (Å²) in [6, 6.07) is 0. The predicted octanol–water partition coefficient (Wildman–Crippen LogP) is 0.193. The van der Waals surface area contributed by atoms with E-state index in [2.05, 4.69) is 20.2 Å². The van der Waals surface area contributed by atoms with Crippen molar-refractivity contribution in [1.29, 1.82) is 0 Å². The van der Waals surface area contributed by atoms with Crippen molar-refractivity contribution in [1.82, 2.24) is 0 Å². The largest absolute Gasteiger partial charge is 0.387 e. The van der Waals surface area contributed by atoms with Crippen molar-refractivity contribution in [2.75, 3.05) is 27.2 Å². The lowest BCUT2D eigenvalue weighted by Gasteiger charge is -1.95. The monoisotopic (exact) mass is 198 g/mol. The van der Waals surface area contributed by atoms with Crippen molar-refractivity contribution in [3.8, 4) is 0 Å². The van der Waals surface area contributed by atoms with E-state index in [0.717, 1.165) is 0 Å². The summed E-state index contributed by atoms with van der Waals surface area (Å²) in [5, 5.41) is 7.84. The molecule has 6 nitrogen and oxygen atoms in total. The van der Waals surface area contributed by atoms with E-state index < -0.39 is 0 Å². The zero-order valence-corrected chi connectivity index (χ0v) is 8.77. The maximum absolute atomic E-state index is 5.47. The molecule has 0 radical (unpaired) electrons. The van der Waals surface area contributed by atoms with Crippen LogP contribution < -0.4 is 11.5 Å². The second-order valence-electron chi connectivity index (χ2n) is 2.66. The van der Waals surface area contributed by atoms with Crippen LogP contribution in [0.5, 0.6) is 0 Å².